The molecule has 0 aliphatic heterocycles. The standard InChI is InChI=1S/C24H32N2O3/c1-2-3-4-5-9-18-29-22-14-12-21(13-15-22)24(28)26(17-16-23(25)27)19-20-10-7-6-8-11-20/h6-8,10-15H,2-5,9,16-19H2,1H3,(H2,25,27). The number of rotatable bonds is 13. The van der Waals surface area contributed by atoms with E-state index in [1.54, 1.807) is 17.0 Å². The van der Waals surface area contributed by atoms with Crippen LogP contribution >= 0.6 is 0 Å². The van der Waals surface area contributed by atoms with Crippen molar-refractivity contribution in [2.45, 2.75) is 52.0 Å². The molecule has 29 heavy (non-hydrogen) atoms. The Hall–Kier alpha value is -2.82. The Morgan fingerprint density at radius 1 is 0.931 bits per heavy atom. The number of amides is 2. The van der Waals surface area contributed by atoms with Gasteiger partial charge in [-0.05, 0) is 36.2 Å². The number of carbonyl (C=O) groups is 2. The fourth-order valence-electron chi connectivity index (χ4n) is 3.07. The molecule has 0 unspecified atom stereocenters. The highest BCUT2D eigenvalue weighted by atomic mass is 16.5. The van der Waals surface area contributed by atoms with Crippen molar-refractivity contribution in [1.82, 2.24) is 4.90 Å². The van der Waals surface area contributed by atoms with Gasteiger partial charge in [0.15, 0.2) is 0 Å². The lowest BCUT2D eigenvalue weighted by Crippen LogP contribution is -2.33. The largest absolute Gasteiger partial charge is 0.494 e. The molecule has 0 aromatic heterocycles. The quantitative estimate of drug-likeness (QED) is 0.505. The lowest BCUT2D eigenvalue weighted by atomic mass is 10.1. The molecule has 0 heterocycles. The predicted molar refractivity (Wildman–Crippen MR) is 116 cm³/mol. The molecule has 2 aromatic carbocycles. The van der Waals surface area contributed by atoms with Gasteiger partial charge in [0.05, 0.1) is 6.61 Å². The van der Waals surface area contributed by atoms with Crippen molar-refractivity contribution in [3.8, 4) is 5.75 Å². The number of hydrogen-bond donors (Lipinski definition) is 1. The molecule has 2 N–H and O–H groups in total. The van der Waals surface area contributed by atoms with Gasteiger partial charge in [-0.3, -0.25) is 9.59 Å². The van der Waals surface area contributed by atoms with Gasteiger partial charge in [-0.25, -0.2) is 0 Å². The fraction of sp³-hybridized carbons (Fsp3) is 0.417. The minimum atomic E-state index is -0.418. The Kier molecular flexibility index (Phi) is 9.76. The van der Waals surface area contributed by atoms with E-state index in [2.05, 4.69) is 6.92 Å². The summed E-state index contributed by atoms with van der Waals surface area (Å²) in [6, 6.07) is 16.9. The fourth-order valence-corrected chi connectivity index (χ4v) is 3.07. The number of carbonyl (C=O) groups excluding carboxylic acids is 2. The molecule has 5 heteroatoms. The first-order valence-electron chi connectivity index (χ1n) is 10.4. The molecule has 5 nitrogen and oxygen atoms in total. The zero-order chi connectivity index (χ0) is 20.9. The average molecular weight is 397 g/mol. The first kappa shape index (κ1) is 22.5. The van der Waals surface area contributed by atoms with Crippen LogP contribution in [0.2, 0.25) is 0 Å². The summed E-state index contributed by atoms with van der Waals surface area (Å²) >= 11 is 0. The van der Waals surface area contributed by atoms with E-state index in [1.807, 2.05) is 42.5 Å². The third kappa shape index (κ3) is 8.38. The molecule has 0 saturated heterocycles. The molecule has 0 fully saturated rings. The highest BCUT2D eigenvalue weighted by Gasteiger charge is 2.17. The van der Waals surface area contributed by atoms with E-state index in [4.69, 9.17) is 10.5 Å². The Labute approximate surface area is 173 Å². The molecule has 156 valence electrons. The molecule has 0 radical (unpaired) electrons. The van der Waals surface area contributed by atoms with Crippen molar-refractivity contribution in [1.29, 1.82) is 0 Å². The number of nitrogens with two attached hydrogens (primary N) is 1. The average Bonchev–Trinajstić information content (AvgIpc) is 2.74. The summed E-state index contributed by atoms with van der Waals surface area (Å²) < 4.78 is 5.77. The van der Waals surface area contributed by atoms with E-state index in [0.29, 0.717) is 25.3 Å². The van der Waals surface area contributed by atoms with Crippen LogP contribution in [0.3, 0.4) is 0 Å². The van der Waals surface area contributed by atoms with Gasteiger partial charge in [0, 0.05) is 25.1 Å². The molecule has 0 saturated carbocycles. The van der Waals surface area contributed by atoms with Gasteiger partial charge in [-0.15, -0.1) is 0 Å². The normalized spacial score (nSPS) is 10.5. The van der Waals surface area contributed by atoms with Crippen molar-refractivity contribution in [2.24, 2.45) is 5.73 Å². The highest BCUT2D eigenvalue weighted by molar-refractivity contribution is 5.94. The molecular formula is C24H32N2O3. The van der Waals surface area contributed by atoms with Crippen LogP contribution in [-0.2, 0) is 11.3 Å². The monoisotopic (exact) mass is 396 g/mol. The van der Waals surface area contributed by atoms with Crippen LogP contribution in [0.4, 0.5) is 0 Å². The van der Waals surface area contributed by atoms with Crippen molar-refractivity contribution in [3.05, 3.63) is 65.7 Å². The Balaban J connectivity index is 1.94. The van der Waals surface area contributed by atoms with E-state index in [0.717, 1.165) is 17.7 Å². The second-order valence-electron chi connectivity index (χ2n) is 7.22. The highest BCUT2D eigenvalue weighted by Crippen LogP contribution is 2.16. The van der Waals surface area contributed by atoms with E-state index in [9.17, 15) is 9.59 Å². The molecule has 0 atom stereocenters. The summed E-state index contributed by atoms with van der Waals surface area (Å²) in [4.78, 5) is 25.8. The number of benzene rings is 2. The zero-order valence-corrected chi connectivity index (χ0v) is 17.3. The number of unbranched alkanes of at least 4 members (excludes halogenated alkanes) is 4. The van der Waals surface area contributed by atoms with Crippen LogP contribution in [0.1, 0.15) is 61.4 Å². The van der Waals surface area contributed by atoms with Gasteiger partial charge in [0.2, 0.25) is 5.91 Å². The Morgan fingerprint density at radius 3 is 2.28 bits per heavy atom. The Bertz CT molecular complexity index is 744. The maximum atomic E-state index is 13.0. The second kappa shape index (κ2) is 12.6. The van der Waals surface area contributed by atoms with E-state index in [1.165, 1.54) is 25.7 Å². The topological polar surface area (TPSA) is 72.6 Å². The molecule has 0 aliphatic carbocycles. The molecule has 0 spiro atoms. The first-order valence-corrected chi connectivity index (χ1v) is 10.4. The number of hydrogen-bond acceptors (Lipinski definition) is 3. The maximum Gasteiger partial charge on any atom is 0.254 e. The second-order valence-corrected chi connectivity index (χ2v) is 7.22. The minimum absolute atomic E-state index is 0.124. The van der Waals surface area contributed by atoms with E-state index >= 15 is 0 Å². The van der Waals surface area contributed by atoms with Crippen molar-refractivity contribution in [3.63, 3.8) is 0 Å². The summed E-state index contributed by atoms with van der Waals surface area (Å²) in [6.07, 6.45) is 6.11. The molecule has 0 bridgehead atoms. The number of primary amides is 1. The van der Waals surface area contributed by atoms with Crippen molar-refractivity contribution in [2.75, 3.05) is 13.2 Å². The van der Waals surface area contributed by atoms with E-state index < -0.39 is 5.91 Å². The smallest absolute Gasteiger partial charge is 0.254 e. The van der Waals surface area contributed by atoms with Gasteiger partial charge in [-0.2, -0.15) is 0 Å². The molecular weight excluding hydrogens is 364 g/mol. The summed E-state index contributed by atoms with van der Waals surface area (Å²) in [7, 11) is 0. The molecule has 2 amide bonds. The van der Waals surface area contributed by atoms with Crippen LogP contribution in [0, 0.1) is 0 Å². The van der Waals surface area contributed by atoms with Crippen LogP contribution in [0.5, 0.6) is 5.75 Å². The van der Waals surface area contributed by atoms with Crippen LogP contribution in [0.15, 0.2) is 54.6 Å². The van der Waals surface area contributed by atoms with Crippen LogP contribution in [0.25, 0.3) is 0 Å². The molecule has 0 aliphatic rings. The predicted octanol–water partition coefficient (Wildman–Crippen LogP) is 4.55. The van der Waals surface area contributed by atoms with Gasteiger partial charge < -0.3 is 15.4 Å². The SMILES string of the molecule is CCCCCCCOc1ccc(C(=O)N(CCC(N)=O)Cc2ccccc2)cc1. The molecule has 2 rings (SSSR count). The number of nitrogens with zero attached hydrogens (tertiary/aromatic N) is 1. The van der Waals surface area contributed by atoms with Crippen molar-refractivity contribution >= 4 is 11.8 Å². The van der Waals surface area contributed by atoms with Gasteiger partial charge >= 0.3 is 0 Å². The Morgan fingerprint density at radius 2 is 1.62 bits per heavy atom. The lowest BCUT2D eigenvalue weighted by molar-refractivity contribution is -0.118. The van der Waals surface area contributed by atoms with Gasteiger partial charge in [-0.1, -0.05) is 62.9 Å². The number of ether oxygens (including phenoxy) is 1. The molecule has 2 aromatic rings. The third-order valence-electron chi connectivity index (χ3n) is 4.75. The van der Waals surface area contributed by atoms with Gasteiger partial charge in [0.25, 0.3) is 5.91 Å². The maximum absolute atomic E-state index is 13.0. The van der Waals surface area contributed by atoms with Crippen LogP contribution in [-0.4, -0.2) is 29.9 Å². The first-order chi connectivity index (χ1) is 14.1. The van der Waals surface area contributed by atoms with Crippen LogP contribution < -0.4 is 10.5 Å². The van der Waals surface area contributed by atoms with Crippen molar-refractivity contribution < 1.29 is 14.3 Å². The summed E-state index contributed by atoms with van der Waals surface area (Å²) in [5, 5.41) is 0. The summed E-state index contributed by atoms with van der Waals surface area (Å²) in [5.41, 5.74) is 6.86. The minimum Gasteiger partial charge on any atom is -0.494 e. The van der Waals surface area contributed by atoms with E-state index in [-0.39, 0.29) is 12.3 Å². The third-order valence-corrected chi connectivity index (χ3v) is 4.75. The summed E-state index contributed by atoms with van der Waals surface area (Å²) in [6.45, 7) is 3.62. The zero-order valence-electron chi connectivity index (χ0n) is 17.3. The lowest BCUT2D eigenvalue weighted by Gasteiger charge is -2.22. The summed E-state index contributed by atoms with van der Waals surface area (Å²) in [5.74, 6) is 0.226. The van der Waals surface area contributed by atoms with Gasteiger partial charge in [0.1, 0.15) is 5.75 Å².